The van der Waals surface area contributed by atoms with Crippen LogP contribution in [0.25, 0.3) is 0 Å². The van der Waals surface area contributed by atoms with Crippen molar-refractivity contribution >= 4 is 17.6 Å². The number of amides is 3. The van der Waals surface area contributed by atoms with Gasteiger partial charge < -0.3 is 15.7 Å². The molecule has 0 radical (unpaired) electrons. The van der Waals surface area contributed by atoms with Crippen LogP contribution in [0, 0.1) is 30.2 Å². The van der Waals surface area contributed by atoms with E-state index in [1.54, 1.807) is 19.9 Å². The molecule has 0 aliphatic heterocycles. The van der Waals surface area contributed by atoms with Crippen LogP contribution in [0.3, 0.4) is 0 Å². The van der Waals surface area contributed by atoms with E-state index in [4.69, 9.17) is 0 Å². The van der Waals surface area contributed by atoms with E-state index in [0.717, 1.165) is 6.07 Å². The molecule has 0 bridgehead atoms. The maximum atomic E-state index is 14.3. The molecular formula is C25H23F4N3O3. The first kappa shape index (κ1) is 25.5. The Morgan fingerprint density at radius 3 is 2.26 bits per heavy atom. The zero-order valence-corrected chi connectivity index (χ0v) is 19.0. The fourth-order valence-electron chi connectivity index (χ4n) is 3.42. The first-order valence-electron chi connectivity index (χ1n) is 10.7. The number of anilines is 1. The highest BCUT2D eigenvalue weighted by Crippen LogP contribution is 2.26. The average molecular weight is 489 g/mol. The van der Waals surface area contributed by atoms with Gasteiger partial charge in [-0.15, -0.1) is 0 Å². The minimum Gasteiger partial charge on any atom is -0.508 e. The van der Waals surface area contributed by atoms with Crippen molar-refractivity contribution in [1.29, 1.82) is 0 Å². The summed E-state index contributed by atoms with van der Waals surface area (Å²) in [6.07, 6.45) is 0. The predicted molar refractivity (Wildman–Crippen MR) is 122 cm³/mol. The topological polar surface area (TPSA) is 81.7 Å². The maximum absolute atomic E-state index is 14.3. The lowest BCUT2D eigenvalue weighted by Gasteiger charge is -2.25. The van der Waals surface area contributed by atoms with Crippen molar-refractivity contribution < 1.29 is 32.3 Å². The lowest BCUT2D eigenvalue weighted by molar-refractivity contribution is 0.0950. The second-order valence-corrected chi connectivity index (χ2v) is 7.73. The highest BCUT2D eigenvalue weighted by Gasteiger charge is 2.21. The molecule has 3 aromatic carbocycles. The van der Waals surface area contributed by atoms with Crippen LogP contribution in [0.4, 0.5) is 28.0 Å². The second-order valence-electron chi connectivity index (χ2n) is 7.73. The molecule has 0 aliphatic carbocycles. The quantitative estimate of drug-likeness (QED) is 0.412. The van der Waals surface area contributed by atoms with Crippen LogP contribution in [0.1, 0.15) is 34.0 Å². The van der Waals surface area contributed by atoms with Crippen LogP contribution in [-0.2, 0) is 13.1 Å². The number of rotatable bonds is 7. The summed E-state index contributed by atoms with van der Waals surface area (Å²) in [7, 11) is 0. The molecule has 35 heavy (non-hydrogen) atoms. The molecule has 0 aliphatic rings. The van der Waals surface area contributed by atoms with Gasteiger partial charge in [0.2, 0.25) is 0 Å². The summed E-state index contributed by atoms with van der Waals surface area (Å²) in [5.41, 5.74) is 0.483. The Hall–Kier alpha value is -4.08. The third kappa shape index (κ3) is 6.08. The van der Waals surface area contributed by atoms with Gasteiger partial charge in [0.05, 0.1) is 6.54 Å². The zero-order valence-electron chi connectivity index (χ0n) is 19.0. The van der Waals surface area contributed by atoms with E-state index in [1.165, 1.54) is 29.2 Å². The summed E-state index contributed by atoms with van der Waals surface area (Å²) in [4.78, 5) is 26.7. The number of nitrogens with one attached hydrogen (secondary N) is 2. The van der Waals surface area contributed by atoms with Crippen LogP contribution >= 0.6 is 0 Å². The fourth-order valence-corrected chi connectivity index (χ4v) is 3.42. The number of aromatic hydroxyl groups is 1. The number of halogens is 4. The third-order valence-corrected chi connectivity index (χ3v) is 5.22. The summed E-state index contributed by atoms with van der Waals surface area (Å²) in [5.74, 6) is -4.86. The highest BCUT2D eigenvalue weighted by molar-refractivity contribution is 5.98. The van der Waals surface area contributed by atoms with E-state index >= 15 is 0 Å². The van der Waals surface area contributed by atoms with Crippen molar-refractivity contribution in [2.75, 3.05) is 11.4 Å². The minimum atomic E-state index is -1.14. The molecule has 0 aromatic heterocycles. The van der Waals surface area contributed by atoms with Gasteiger partial charge in [0.1, 0.15) is 29.0 Å². The van der Waals surface area contributed by atoms with E-state index in [-0.39, 0.29) is 35.7 Å². The summed E-state index contributed by atoms with van der Waals surface area (Å²) in [5, 5.41) is 14.7. The molecule has 0 atom stereocenters. The molecule has 3 amide bonds. The van der Waals surface area contributed by atoms with E-state index in [1.807, 2.05) is 0 Å². The molecule has 3 aromatic rings. The standard InChI is InChI=1S/C25H23F4N3O3/c1-3-30-25(35)32(13-16-8-18(33)6-7-20(16)27)23-9-15(5-4-14(23)2)24(34)31-12-19-21(28)10-17(26)11-22(19)29/h4-11,33H,3,12-13H2,1-2H3,(H,30,35)(H,31,34). The number of carbonyl (C=O) groups is 2. The molecule has 0 unspecified atom stereocenters. The fraction of sp³-hybridized carbons (Fsp3) is 0.200. The number of nitrogens with zero attached hydrogens (tertiary/aromatic N) is 1. The summed E-state index contributed by atoms with van der Waals surface area (Å²) in [6.45, 7) is 2.89. The van der Waals surface area contributed by atoms with Crippen molar-refractivity contribution in [3.63, 3.8) is 0 Å². The zero-order chi connectivity index (χ0) is 25.7. The number of phenolic OH excluding ortho intramolecular Hbond substituents is 1. The normalized spacial score (nSPS) is 10.7. The number of hydrogen-bond acceptors (Lipinski definition) is 3. The van der Waals surface area contributed by atoms with Crippen molar-refractivity contribution in [3.8, 4) is 5.75 Å². The van der Waals surface area contributed by atoms with Gasteiger partial charge in [-0.3, -0.25) is 9.69 Å². The Balaban J connectivity index is 1.90. The van der Waals surface area contributed by atoms with Gasteiger partial charge in [0.15, 0.2) is 0 Å². The van der Waals surface area contributed by atoms with Gasteiger partial charge in [-0.25, -0.2) is 22.4 Å². The summed E-state index contributed by atoms with van der Waals surface area (Å²) in [6, 6.07) is 8.32. The summed E-state index contributed by atoms with van der Waals surface area (Å²) >= 11 is 0. The molecule has 0 saturated heterocycles. The van der Waals surface area contributed by atoms with Gasteiger partial charge in [0, 0.05) is 47.6 Å². The predicted octanol–water partition coefficient (Wildman–Crippen LogP) is 4.92. The SMILES string of the molecule is CCNC(=O)N(Cc1cc(O)ccc1F)c1cc(C(=O)NCc2c(F)cc(F)cc2F)ccc1C. The van der Waals surface area contributed by atoms with Crippen LogP contribution in [0.5, 0.6) is 5.75 Å². The first-order valence-corrected chi connectivity index (χ1v) is 10.7. The van der Waals surface area contributed by atoms with E-state index in [0.29, 0.717) is 17.7 Å². The number of benzene rings is 3. The third-order valence-electron chi connectivity index (χ3n) is 5.22. The molecule has 184 valence electrons. The van der Waals surface area contributed by atoms with Crippen LogP contribution in [0.15, 0.2) is 48.5 Å². The molecule has 0 heterocycles. The van der Waals surface area contributed by atoms with Gasteiger partial charge in [-0.2, -0.15) is 0 Å². The molecule has 0 spiro atoms. The van der Waals surface area contributed by atoms with E-state index < -0.39 is 47.3 Å². The number of phenols is 1. The molecule has 0 fully saturated rings. The molecule has 3 N–H and O–H groups in total. The largest absolute Gasteiger partial charge is 0.508 e. The van der Waals surface area contributed by atoms with E-state index in [2.05, 4.69) is 10.6 Å². The molecule has 10 heteroatoms. The Morgan fingerprint density at radius 2 is 1.60 bits per heavy atom. The smallest absolute Gasteiger partial charge is 0.322 e. The average Bonchev–Trinajstić information content (AvgIpc) is 2.79. The van der Waals surface area contributed by atoms with Crippen LogP contribution in [0.2, 0.25) is 0 Å². The van der Waals surface area contributed by atoms with Gasteiger partial charge in [0.25, 0.3) is 5.91 Å². The number of urea groups is 1. The van der Waals surface area contributed by atoms with Gasteiger partial charge in [-0.1, -0.05) is 6.07 Å². The molecule has 3 rings (SSSR count). The van der Waals surface area contributed by atoms with Crippen molar-refractivity contribution in [2.24, 2.45) is 0 Å². The Labute approximate surface area is 199 Å². The lowest BCUT2D eigenvalue weighted by atomic mass is 10.1. The monoisotopic (exact) mass is 489 g/mol. The number of carbonyl (C=O) groups excluding carboxylic acids is 2. The second kappa shape index (κ2) is 10.9. The van der Waals surface area contributed by atoms with Gasteiger partial charge >= 0.3 is 6.03 Å². The van der Waals surface area contributed by atoms with Crippen molar-refractivity contribution in [2.45, 2.75) is 26.9 Å². The Morgan fingerprint density at radius 1 is 0.914 bits per heavy atom. The van der Waals surface area contributed by atoms with E-state index in [9.17, 15) is 32.3 Å². The lowest BCUT2D eigenvalue weighted by Crippen LogP contribution is -2.40. The van der Waals surface area contributed by atoms with Crippen LogP contribution in [-0.4, -0.2) is 23.6 Å². The Bertz CT molecular complexity index is 1240. The number of hydrogen-bond donors (Lipinski definition) is 3. The minimum absolute atomic E-state index is 0.0489. The molecular weight excluding hydrogens is 466 g/mol. The van der Waals surface area contributed by atoms with Crippen LogP contribution < -0.4 is 15.5 Å². The maximum Gasteiger partial charge on any atom is 0.322 e. The molecule has 0 saturated carbocycles. The van der Waals surface area contributed by atoms with Gasteiger partial charge in [-0.05, 0) is 49.7 Å². The highest BCUT2D eigenvalue weighted by atomic mass is 19.1. The van der Waals surface area contributed by atoms with Crippen molar-refractivity contribution in [1.82, 2.24) is 10.6 Å². The first-order chi connectivity index (χ1) is 16.6. The number of aryl methyl sites for hydroxylation is 1. The molecule has 6 nitrogen and oxygen atoms in total. The Kier molecular flexibility index (Phi) is 7.95. The summed E-state index contributed by atoms with van der Waals surface area (Å²) < 4.78 is 55.2. The van der Waals surface area contributed by atoms with Crippen molar-refractivity contribution in [3.05, 3.63) is 94.1 Å².